The van der Waals surface area contributed by atoms with E-state index in [1.165, 1.54) is 6.07 Å². The Balaban J connectivity index is 1.97. The summed E-state index contributed by atoms with van der Waals surface area (Å²) in [7, 11) is 0. The molecule has 1 fully saturated rings. The highest BCUT2D eigenvalue weighted by Crippen LogP contribution is 2.26. The van der Waals surface area contributed by atoms with Crippen LogP contribution in [0.1, 0.15) is 33.6 Å². The average molecular weight is 375 g/mol. The van der Waals surface area contributed by atoms with Crippen LogP contribution in [0.3, 0.4) is 0 Å². The van der Waals surface area contributed by atoms with Gasteiger partial charge in [0.1, 0.15) is 17.5 Å². The molecular weight excluding hydrogens is 355 g/mol. The normalized spacial score (nSPS) is 19.0. The molecule has 0 aliphatic carbocycles. The molecule has 1 aliphatic heterocycles. The van der Waals surface area contributed by atoms with Crippen LogP contribution in [0.25, 0.3) is 0 Å². The summed E-state index contributed by atoms with van der Waals surface area (Å²) in [5.74, 6) is -0.101. The molecular formula is C15H20BrFN2O3. The maximum absolute atomic E-state index is 13.0. The van der Waals surface area contributed by atoms with Gasteiger partial charge in [0.15, 0.2) is 0 Å². The summed E-state index contributed by atoms with van der Waals surface area (Å²) in [4.78, 5) is 17.7. The molecule has 1 aromatic rings. The Labute approximate surface area is 137 Å². The number of amides is 1. The van der Waals surface area contributed by atoms with E-state index >= 15 is 0 Å². The van der Waals surface area contributed by atoms with E-state index in [1.807, 2.05) is 20.8 Å². The first kappa shape index (κ1) is 17.0. The second-order valence-electron chi connectivity index (χ2n) is 6.25. The van der Waals surface area contributed by atoms with Gasteiger partial charge >= 0.3 is 6.09 Å². The van der Waals surface area contributed by atoms with E-state index in [0.717, 1.165) is 19.0 Å². The zero-order chi connectivity index (χ0) is 16.3. The van der Waals surface area contributed by atoms with Crippen LogP contribution in [0.5, 0.6) is 5.88 Å². The van der Waals surface area contributed by atoms with Gasteiger partial charge in [-0.3, -0.25) is 0 Å². The fraction of sp³-hybridized carbons (Fsp3) is 0.600. The van der Waals surface area contributed by atoms with E-state index in [4.69, 9.17) is 9.47 Å². The molecule has 7 heteroatoms. The summed E-state index contributed by atoms with van der Waals surface area (Å²) >= 11 is 3.22. The predicted octanol–water partition coefficient (Wildman–Crippen LogP) is 3.76. The van der Waals surface area contributed by atoms with E-state index in [0.29, 0.717) is 23.4 Å². The van der Waals surface area contributed by atoms with Gasteiger partial charge in [0.05, 0.1) is 17.2 Å². The van der Waals surface area contributed by atoms with Crippen LogP contribution >= 0.6 is 15.9 Å². The molecule has 1 atom stereocenters. The lowest BCUT2D eigenvalue weighted by molar-refractivity contribution is 0.00712. The number of aromatic nitrogens is 1. The van der Waals surface area contributed by atoms with Gasteiger partial charge in [-0.15, -0.1) is 0 Å². The number of ether oxygens (including phenoxy) is 2. The van der Waals surface area contributed by atoms with Crippen LogP contribution in [0.4, 0.5) is 9.18 Å². The second-order valence-corrected chi connectivity index (χ2v) is 7.10. The minimum atomic E-state index is -0.521. The molecule has 1 aliphatic rings. The van der Waals surface area contributed by atoms with Crippen LogP contribution in [0, 0.1) is 5.82 Å². The minimum Gasteiger partial charge on any atom is -0.472 e. The third kappa shape index (κ3) is 4.83. The van der Waals surface area contributed by atoms with Gasteiger partial charge in [-0.2, -0.15) is 0 Å². The van der Waals surface area contributed by atoms with E-state index < -0.39 is 11.4 Å². The number of carbonyl (C=O) groups is 1. The van der Waals surface area contributed by atoms with Gasteiger partial charge in [-0.1, -0.05) is 0 Å². The lowest BCUT2D eigenvalue weighted by Crippen LogP contribution is -2.46. The first-order valence-corrected chi connectivity index (χ1v) is 7.99. The molecule has 0 aromatic carbocycles. The van der Waals surface area contributed by atoms with Crippen LogP contribution in [-0.4, -0.2) is 40.8 Å². The standard InChI is InChI=1S/C15H20BrFN2O3/c1-15(2,3)22-14(20)19-6-4-5-11(9-19)21-13-12(16)7-10(17)8-18-13/h7-8,11H,4-6,9H2,1-3H3/t11-/m0/s1. The number of halogens is 2. The molecule has 0 saturated carbocycles. The van der Waals surface area contributed by atoms with Crippen LogP contribution in [0.15, 0.2) is 16.7 Å². The number of carbonyl (C=O) groups excluding carboxylic acids is 1. The summed E-state index contributed by atoms with van der Waals surface area (Å²) in [5, 5.41) is 0. The molecule has 0 spiro atoms. The van der Waals surface area contributed by atoms with Crippen LogP contribution in [-0.2, 0) is 4.74 Å². The van der Waals surface area contributed by atoms with Crippen molar-refractivity contribution in [1.82, 2.24) is 9.88 Å². The number of nitrogens with zero attached hydrogens (tertiary/aromatic N) is 2. The molecule has 0 N–H and O–H groups in total. The van der Waals surface area contributed by atoms with Gasteiger partial charge in [0.2, 0.25) is 5.88 Å². The summed E-state index contributed by atoms with van der Waals surface area (Å²) < 4.78 is 24.6. The van der Waals surface area contributed by atoms with Crippen molar-refractivity contribution in [1.29, 1.82) is 0 Å². The first-order valence-electron chi connectivity index (χ1n) is 7.20. The number of hydrogen-bond donors (Lipinski definition) is 0. The fourth-order valence-corrected chi connectivity index (χ4v) is 2.59. The summed E-state index contributed by atoms with van der Waals surface area (Å²) in [6.45, 7) is 6.58. The lowest BCUT2D eigenvalue weighted by Gasteiger charge is -2.34. The Morgan fingerprint density at radius 3 is 2.86 bits per heavy atom. The third-order valence-corrected chi connectivity index (χ3v) is 3.65. The van der Waals surface area contributed by atoms with Crippen molar-refractivity contribution in [2.24, 2.45) is 0 Å². The van der Waals surface area contributed by atoms with Crippen molar-refractivity contribution in [2.75, 3.05) is 13.1 Å². The Morgan fingerprint density at radius 2 is 2.23 bits per heavy atom. The van der Waals surface area contributed by atoms with Gasteiger partial charge in [0.25, 0.3) is 0 Å². The zero-order valence-corrected chi connectivity index (χ0v) is 14.5. The predicted molar refractivity (Wildman–Crippen MR) is 83.4 cm³/mol. The van der Waals surface area contributed by atoms with Crippen LogP contribution in [0.2, 0.25) is 0 Å². The van der Waals surface area contributed by atoms with E-state index in [-0.39, 0.29) is 12.2 Å². The summed E-state index contributed by atoms with van der Waals surface area (Å²) in [6, 6.07) is 1.30. The minimum absolute atomic E-state index is 0.185. The van der Waals surface area contributed by atoms with Crippen LogP contribution < -0.4 is 4.74 Å². The molecule has 5 nitrogen and oxygen atoms in total. The Bertz CT molecular complexity index is 548. The van der Waals surface area contributed by atoms with Gasteiger partial charge in [-0.25, -0.2) is 14.2 Å². The molecule has 22 heavy (non-hydrogen) atoms. The fourth-order valence-electron chi connectivity index (χ4n) is 2.17. The maximum Gasteiger partial charge on any atom is 0.410 e. The molecule has 1 amide bonds. The zero-order valence-electron chi connectivity index (χ0n) is 12.9. The molecule has 1 aromatic heterocycles. The van der Waals surface area contributed by atoms with Crippen molar-refractivity contribution in [2.45, 2.75) is 45.3 Å². The number of rotatable bonds is 2. The van der Waals surface area contributed by atoms with Gasteiger partial charge in [-0.05, 0) is 55.6 Å². The highest BCUT2D eigenvalue weighted by molar-refractivity contribution is 9.10. The molecule has 0 radical (unpaired) electrons. The number of hydrogen-bond acceptors (Lipinski definition) is 4. The lowest BCUT2D eigenvalue weighted by atomic mass is 10.1. The van der Waals surface area contributed by atoms with Crippen molar-refractivity contribution in [3.05, 3.63) is 22.6 Å². The SMILES string of the molecule is CC(C)(C)OC(=O)N1CCC[C@H](Oc2ncc(F)cc2Br)C1. The highest BCUT2D eigenvalue weighted by Gasteiger charge is 2.29. The van der Waals surface area contributed by atoms with Gasteiger partial charge in [0, 0.05) is 6.54 Å². The van der Waals surface area contributed by atoms with E-state index in [1.54, 1.807) is 4.90 Å². The quantitative estimate of drug-likeness (QED) is 0.790. The summed E-state index contributed by atoms with van der Waals surface area (Å²) in [5.41, 5.74) is -0.521. The van der Waals surface area contributed by atoms with Crippen molar-refractivity contribution in [3.8, 4) is 5.88 Å². The molecule has 0 bridgehead atoms. The number of piperidine rings is 1. The topological polar surface area (TPSA) is 51.7 Å². The third-order valence-electron chi connectivity index (χ3n) is 3.08. The Morgan fingerprint density at radius 1 is 1.50 bits per heavy atom. The molecule has 0 unspecified atom stereocenters. The molecule has 2 heterocycles. The monoisotopic (exact) mass is 374 g/mol. The largest absolute Gasteiger partial charge is 0.472 e. The van der Waals surface area contributed by atoms with Crippen molar-refractivity contribution in [3.63, 3.8) is 0 Å². The van der Waals surface area contributed by atoms with Crippen molar-refractivity contribution >= 4 is 22.0 Å². The maximum atomic E-state index is 13.0. The number of likely N-dealkylation sites (tertiary alicyclic amines) is 1. The Hall–Kier alpha value is -1.37. The van der Waals surface area contributed by atoms with E-state index in [9.17, 15) is 9.18 Å². The smallest absolute Gasteiger partial charge is 0.410 e. The highest BCUT2D eigenvalue weighted by atomic mass is 79.9. The molecule has 1 saturated heterocycles. The van der Waals surface area contributed by atoms with Gasteiger partial charge < -0.3 is 14.4 Å². The Kier molecular flexibility index (Phi) is 5.26. The van der Waals surface area contributed by atoms with E-state index in [2.05, 4.69) is 20.9 Å². The molecule has 2 rings (SSSR count). The average Bonchev–Trinajstić information content (AvgIpc) is 2.40. The van der Waals surface area contributed by atoms with Crippen molar-refractivity contribution < 1.29 is 18.7 Å². The second kappa shape index (κ2) is 6.81. The number of pyridine rings is 1. The molecule has 122 valence electrons. The first-order chi connectivity index (χ1) is 10.2. The summed E-state index contributed by atoms with van der Waals surface area (Å²) in [6.07, 6.45) is 2.21.